The van der Waals surface area contributed by atoms with Gasteiger partial charge in [-0.25, -0.2) is 13.4 Å². The third-order valence-electron chi connectivity index (χ3n) is 3.32. The molecule has 0 spiro atoms. The second-order valence-electron chi connectivity index (χ2n) is 4.72. The summed E-state index contributed by atoms with van der Waals surface area (Å²) in [6, 6.07) is 7.45. The predicted molar refractivity (Wildman–Crippen MR) is 74.5 cm³/mol. The van der Waals surface area contributed by atoms with Crippen molar-refractivity contribution in [3.8, 4) is 0 Å². The molecule has 0 radical (unpaired) electrons. The topological polar surface area (TPSA) is 86.9 Å². The van der Waals surface area contributed by atoms with Crippen LogP contribution in [0.25, 0.3) is 11.0 Å². The van der Waals surface area contributed by atoms with Crippen LogP contribution in [-0.4, -0.2) is 36.7 Å². The smallest absolute Gasteiger partial charge is 0.239 e. The number of aromatic amines is 1. The van der Waals surface area contributed by atoms with Crippen LogP contribution < -0.4 is 10.0 Å². The summed E-state index contributed by atoms with van der Waals surface area (Å²) >= 11 is 0. The van der Waals surface area contributed by atoms with Crippen molar-refractivity contribution in [2.75, 3.05) is 17.8 Å². The van der Waals surface area contributed by atoms with E-state index in [1.165, 1.54) is 0 Å². The van der Waals surface area contributed by atoms with Gasteiger partial charge in [-0.05, 0) is 31.5 Å². The molecule has 1 aliphatic rings. The summed E-state index contributed by atoms with van der Waals surface area (Å²) in [5, 5.41) is 2.71. The van der Waals surface area contributed by atoms with Crippen molar-refractivity contribution < 1.29 is 8.42 Å². The molecule has 0 amide bonds. The highest BCUT2D eigenvalue weighted by Gasteiger charge is 2.27. The van der Waals surface area contributed by atoms with Gasteiger partial charge in [-0.3, -0.25) is 4.72 Å². The van der Waals surface area contributed by atoms with Gasteiger partial charge in [-0.15, -0.1) is 0 Å². The molecule has 1 fully saturated rings. The lowest BCUT2D eigenvalue weighted by molar-refractivity contribution is 0.499. The minimum atomic E-state index is -3.39. The van der Waals surface area contributed by atoms with E-state index in [2.05, 4.69) is 20.0 Å². The first-order valence-corrected chi connectivity index (χ1v) is 7.87. The van der Waals surface area contributed by atoms with Crippen LogP contribution in [0.1, 0.15) is 12.8 Å². The summed E-state index contributed by atoms with van der Waals surface area (Å²) in [6.45, 7) is 1.38. The number of nitrogens with one attached hydrogen (secondary N) is 3. The van der Waals surface area contributed by atoms with Gasteiger partial charge in [0.15, 0.2) is 0 Å². The molecule has 1 aromatic heterocycles. The molecular weight excluding hydrogens is 264 g/mol. The zero-order valence-electron chi connectivity index (χ0n) is 10.4. The molecule has 1 aromatic carbocycles. The summed E-state index contributed by atoms with van der Waals surface area (Å²) in [5.41, 5.74) is 1.57. The van der Waals surface area contributed by atoms with Crippen molar-refractivity contribution >= 4 is 27.0 Å². The fourth-order valence-electron chi connectivity index (χ4n) is 2.30. The van der Waals surface area contributed by atoms with Gasteiger partial charge in [0.1, 0.15) is 0 Å². The molecule has 3 N–H and O–H groups in total. The van der Waals surface area contributed by atoms with Crippen molar-refractivity contribution in [1.82, 2.24) is 15.3 Å². The molecule has 1 atom stereocenters. The number of rotatable bonds is 3. The van der Waals surface area contributed by atoms with Crippen LogP contribution in [0.2, 0.25) is 0 Å². The Morgan fingerprint density at radius 1 is 1.32 bits per heavy atom. The van der Waals surface area contributed by atoms with Gasteiger partial charge < -0.3 is 10.3 Å². The summed E-state index contributed by atoms with van der Waals surface area (Å²) in [7, 11) is -3.39. The van der Waals surface area contributed by atoms with Gasteiger partial charge in [-0.1, -0.05) is 12.1 Å². The van der Waals surface area contributed by atoms with E-state index in [0.717, 1.165) is 24.0 Å². The highest BCUT2D eigenvalue weighted by Crippen LogP contribution is 2.17. The Kier molecular flexibility index (Phi) is 3.16. The number of nitrogens with zero attached hydrogens (tertiary/aromatic N) is 1. The molecule has 102 valence electrons. The van der Waals surface area contributed by atoms with Gasteiger partial charge in [0, 0.05) is 6.54 Å². The molecule has 2 heterocycles. The van der Waals surface area contributed by atoms with E-state index >= 15 is 0 Å². The van der Waals surface area contributed by atoms with E-state index < -0.39 is 15.3 Å². The van der Waals surface area contributed by atoms with Crippen LogP contribution in [-0.2, 0) is 10.0 Å². The van der Waals surface area contributed by atoms with E-state index in [4.69, 9.17) is 0 Å². The van der Waals surface area contributed by atoms with Crippen LogP contribution in [0.5, 0.6) is 0 Å². The number of benzene rings is 1. The number of anilines is 1. The second kappa shape index (κ2) is 4.82. The molecule has 0 aliphatic carbocycles. The Hall–Kier alpha value is -1.60. The molecule has 0 saturated carbocycles. The van der Waals surface area contributed by atoms with Gasteiger partial charge in [0.05, 0.1) is 16.3 Å². The van der Waals surface area contributed by atoms with E-state index in [0.29, 0.717) is 13.0 Å². The summed E-state index contributed by atoms with van der Waals surface area (Å²) in [5.74, 6) is 0.284. The largest absolute Gasteiger partial charge is 0.323 e. The highest BCUT2D eigenvalue weighted by atomic mass is 32.2. The lowest BCUT2D eigenvalue weighted by Gasteiger charge is -2.22. The Balaban J connectivity index is 1.83. The van der Waals surface area contributed by atoms with Crippen molar-refractivity contribution in [1.29, 1.82) is 0 Å². The molecule has 19 heavy (non-hydrogen) atoms. The molecule has 1 saturated heterocycles. The number of H-pyrrole nitrogens is 1. The SMILES string of the molecule is O=S(=O)(Nc1nc2ccccc2[nH]1)C1CCCNC1. The maximum absolute atomic E-state index is 12.2. The quantitative estimate of drug-likeness (QED) is 0.784. The molecular formula is C12H16N4O2S. The molecule has 0 bridgehead atoms. The fourth-order valence-corrected chi connectivity index (χ4v) is 3.65. The van der Waals surface area contributed by atoms with Crippen molar-refractivity contribution in [2.45, 2.75) is 18.1 Å². The van der Waals surface area contributed by atoms with Gasteiger partial charge in [0.2, 0.25) is 16.0 Å². The summed E-state index contributed by atoms with van der Waals surface area (Å²) in [6.07, 6.45) is 1.56. The normalized spacial score (nSPS) is 20.5. The number of hydrogen-bond acceptors (Lipinski definition) is 4. The number of piperidine rings is 1. The maximum atomic E-state index is 12.2. The number of hydrogen-bond donors (Lipinski definition) is 3. The van der Waals surface area contributed by atoms with Gasteiger partial charge >= 0.3 is 0 Å². The number of para-hydroxylation sites is 2. The molecule has 1 unspecified atom stereocenters. The van der Waals surface area contributed by atoms with Crippen LogP contribution >= 0.6 is 0 Å². The Morgan fingerprint density at radius 3 is 2.89 bits per heavy atom. The lowest BCUT2D eigenvalue weighted by atomic mass is 10.2. The van der Waals surface area contributed by atoms with Crippen LogP contribution in [0.3, 0.4) is 0 Å². The number of fused-ring (bicyclic) bond motifs is 1. The molecule has 1 aliphatic heterocycles. The number of aromatic nitrogens is 2. The predicted octanol–water partition coefficient (Wildman–Crippen LogP) is 1.06. The third-order valence-corrected chi connectivity index (χ3v) is 5.08. The van der Waals surface area contributed by atoms with Crippen molar-refractivity contribution in [2.24, 2.45) is 0 Å². The number of imidazole rings is 1. The first-order chi connectivity index (χ1) is 9.15. The maximum Gasteiger partial charge on any atom is 0.239 e. The molecule has 6 nitrogen and oxygen atoms in total. The Morgan fingerprint density at radius 2 is 2.16 bits per heavy atom. The average molecular weight is 280 g/mol. The first kappa shape index (κ1) is 12.4. The number of sulfonamides is 1. The Bertz CT molecular complexity index is 641. The minimum absolute atomic E-state index is 0.284. The van der Waals surface area contributed by atoms with E-state index in [9.17, 15) is 8.42 Å². The molecule has 7 heteroatoms. The zero-order chi connectivity index (χ0) is 13.3. The highest BCUT2D eigenvalue weighted by molar-refractivity contribution is 7.93. The average Bonchev–Trinajstić information content (AvgIpc) is 2.81. The standard InChI is InChI=1S/C12H16N4O2S/c17-19(18,9-4-3-7-13-8-9)16-12-14-10-5-1-2-6-11(10)15-12/h1-2,5-6,9,13H,3-4,7-8H2,(H2,14,15,16). The first-order valence-electron chi connectivity index (χ1n) is 6.32. The van der Waals surface area contributed by atoms with Crippen LogP contribution in [0.15, 0.2) is 24.3 Å². The van der Waals surface area contributed by atoms with Gasteiger partial charge in [0.25, 0.3) is 0 Å². The second-order valence-corrected chi connectivity index (χ2v) is 6.68. The molecule has 2 aromatic rings. The molecule has 3 rings (SSSR count). The van der Waals surface area contributed by atoms with Crippen LogP contribution in [0.4, 0.5) is 5.95 Å². The zero-order valence-corrected chi connectivity index (χ0v) is 11.2. The van der Waals surface area contributed by atoms with Crippen molar-refractivity contribution in [3.05, 3.63) is 24.3 Å². The lowest BCUT2D eigenvalue weighted by Crippen LogP contribution is -2.41. The van der Waals surface area contributed by atoms with Crippen molar-refractivity contribution in [3.63, 3.8) is 0 Å². The van der Waals surface area contributed by atoms with E-state index in [-0.39, 0.29) is 5.95 Å². The minimum Gasteiger partial charge on any atom is -0.323 e. The van der Waals surface area contributed by atoms with E-state index in [1.807, 2.05) is 24.3 Å². The summed E-state index contributed by atoms with van der Waals surface area (Å²) < 4.78 is 27.0. The third kappa shape index (κ3) is 2.57. The van der Waals surface area contributed by atoms with Gasteiger partial charge in [-0.2, -0.15) is 0 Å². The van der Waals surface area contributed by atoms with Crippen LogP contribution in [0, 0.1) is 0 Å². The monoisotopic (exact) mass is 280 g/mol. The summed E-state index contributed by atoms with van der Waals surface area (Å²) in [4.78, 5) is 7.20. The fraction of sp³-hybridized carbons (Fsp3) is 0.417. The van der Waals surface area contributed by atoms with E-state index in [1.54, 1.807) is 0 Å². The Labute approximate surface area is 111 Å².